The van der Waals surface area contributed by atoms with E-state index in [1.165, 1.54) is 25.8 Å². The fourth-order valence-corrected chi connectivity index (χ4v) is 5.37. The van der Waals surface area contributed by atoms with Crippen LogP contribution >= 0.6 is 0 Å². The number of ketones is 1. The summed E-state index contributed by atoms with van der Waals surface area (Å²) in [6.07, 6.45) is 3.40. The summed E-state index contributed by atoms with van der Waals surface area (Å²) < 4.78 is 11.5. The van der Waals surface area contributed by atoms with Crippen molar-refractivity contribution in [2.24, 2.45) is 0 Å². The molecule has 40 heavy (non-hydrogen) atoms. The molecule has 3 aromatic rings. The molecule has 0 fully saturated rings. The van der Waals surface area contributed by atoms with E-state index in [1.807, 2.05) is 31.3 Å². The Bertz CT molecular complexity index is 1610. The molecule has 0 unspecified atom stereocenters. The molecule has 8 nitrogen and oxygen atoms in total. The minimum atomic E-state index is -0.615. The van der Waals surface area contributed by atoms with Crippen LogP contribution in [0, 0.1) is 25.2 Å². The molecule has 2 heterocycles. The van der Waals surface area contributed by atoms with Crippen molar-refractivity contribution in [1.29, 1.82) is 5.26 Å². The van der Waals surface area contributed by atoms with Gasteiger partial charge in [0, 0.05) is 46.5 Å². The van der Waals surface area contributed by atoms with E-state index in [2.05, 4.69) is 30.9 Å². The van der Waals surface area contributed by atoms with Gasteiger partial charge in [-0.1, -0.05) is 32.0 Å². The van der Waals surface area contributed by atoms with Gasteiger partial charge < -0.3 is 18.9 Å². The highest BCUT2D eigenvalue weighted by Crippen LogP contribution is 2.46. The van der Waals surface area contributed by atoms with Gasteiger partial charge in [-0.05, 0) is 61.9 Å². The summed E-state index contributed by atoms with van der Waals surface area (Å²) in [6.45, 7) is 7.78. The number of carbonyl (C=O) groups excluding carboxylic acids is 3. The second-order valence-electron chi connectivity index (χ2n) is 10.1. The Labute approximate surface area is 233 Å². The van der Waals surface area contributed by atoms with Crippen molar-refractivity contribution in [3.05, 3.63) is 106 Å². The van der Waals surface area contributed by atoms with Crippen molar-refractivity contribution < 1.29 is 23.9 Å². The van der Waals surface area contributed by atoms with Crippen LogP contribution in [0.2, 0.25) is 0 Å². The molecule has 0 bridgehead atoms. The molecule has 0 amide bonds. The molecule has 0 spiro atoms. The van der Waals surface area contributed by atoms with Crippen molar-refractivity contribution >= 4 is 23.4 Å². The lowest BCUT2D eigenvalue weighted by Crippen LogP contribution is -2.22. The number of aryl methyl sites for hydroxylation is 1. The van der Waals surface area contributed by atoms with E-state index in [0.29, 0.717) is 22.6 Å². The van der Waals surface area contributed by atoms with Crippen molar-refractivity contribution in [2.75, 3.05) is 26.2 Å². The first-order valence-corrected chi connectivity index (χ1v) is 12.7. The number of rotatable bonds is 6. The average molecular weight is 538 g/mol. The molecule has 0 radical (unpaired) electrons. The van der Waals surface area contributed by atoms with E-state index in [0.717, 1.165) is 11.4 Å². The van der Waals surface area contributed by atoms with Crippen LogP contribution in [0.25, 0.3) is 5.69 Å². The highest BCUT2D eigenvalue weighted by molar-refractivity contribution is 6.12. The van der Waals surface area contributed by atoms with Crippen LogP contribution in [0.1, 0.15) is 61.9 Å². The molecule has 0 saturated carbocycles. The SMILES string of the molecule is COC(=O)c1cc(C(=O)OC)cc(-n2c(C)cc(C(=O)C(C#N)=CC=C3N(C)c4ccccc4C3(C)C)c2C)c1. The number of hydrogen-bond acceptors (Lipinski definition) is 7. The van der Waals surface area contributed by atoms with Crippen molar-refractivity contribution in [3.63, 3.8) is 0 Å². The summed E-state index contributed by atoms with van der Waals surface area (Å²) in [4.78, 5) is 40.3. The first kappa shape index (κ1) is 28.1. The van der Waals surface area contributed by atoms with Crippen molar-refractivity contribution in [1.82, 2.24) is 4.57 Å². The van der Waals surface area contributed by atoms with Gasteiger partial charge in [0.05, 0.1) is 25.3 Å². The molecule has 1 aliphatic heterocycles. The summed E-state index contributed by atoms with van der Waals surface area (Å²) in [7, 11) is 4.48. The minimum absolute atomic E-state index is 0.00790. The van der Waals surface area contributed by atoms with E-state index in [-0.39, 0.29) is 22.1 Å². The number of esters is 2. The number of ether oxygens (including phenoxy) is 2. The van der Waals surface area contributed by atoms with Gasteiger partial charge in [0.1, 0.15) is 11.6 Å². The predicted molar refractivity (Wildman–Crippen MR) is 152 cm³/mol. The summed E-state index contributed by atoms with van der Waals surface area (Å²) in [5.74, 6) is -1.65. The van der Waals surface area contributed by atoms with Gasteiger partial charge in [0.25, 0.3) is 0 Å². The number of carbonyl (C=O) groups is 3. The molecule has 4 rings (SSSR count). The van der Waals surface area contributed by atoms with Gasteiger partial charge in [-0.2, -0.15) is 5.26 Å². The molecule has 2 aromatic carbocycles. The van der Waals surface area contributed by atoms with E-state index < -0.39 is 17.7 Å². The fraction of sp³-hybridized carbons (Fsp3) is 0.250. The second kappa shape index (κ2) is 10.7. The van der Waals surface area contributed by atoms with Gasteiger partial charge >= 0.3 is 11.9 Å². The maximum atomic E-state index is 13.6. The number of benzene rings is 2. The summed E-state index contributed by atoms with van der Waals surface area (Å²) >= 11 is 0. The lowest BCUT2D eigenvalue weighted by Gasteiger charge is -2.23. The standard InChI is InChI=1S/C32H31N3O5/c1-19-14-25(20(2)35(19)24-16-22(30(37)39-6)15-23(17-24)31(38)40-7)29(36)21(18-33)12-13-28-32(3,4)26-10-8-9-11-27(26)34(28)5/h8-17H,1-7H3. The van der Waals surface area contributed by atoms with E-state index >= 15 is 0 Å². The number of nitriles is 1. The third-order valence-electron chi connectivity index (χ3n) is 7.41. The number of fused-ring (bicyclic) bond motifs is 1. The molecule has 0 N–H and O–H groups in total. The first-order valence-electron chi connectivity index (χ1n) is 12.7. The minimum Gasteiger partial charge on any atom is -0.465 e. The van der Waals surface area contributed by atoms with Gasteiger partial charge in [0.2, 0.25) is 5.78 Å². The predicted octanol–water partition coefficient (Wildman–Crippen LogP) is 5.61. The largest absolute Gasteiger partial charge is 0.465 e. The number of Topliss-reactive ketones (excluding diaryl/α,β-unsaturated/α-hetero) is 1. The van der Waals surface area contributed by atoms with Gasteiger partial charge in [-0.25, -0.2) is 9.59 Å². The molecule has 0 aliphatic carbocycles. The number of para-hydroxylation sites is 1. The van der Waals surface area contributed by atoms with Crippen LogP contribution in [-0.4, -0.2) is 43.6 Å². The fourth-order valence-electron chi connectivity index (χ4n) is 5.37. The van der Waals surface area contributed by atoms with E-state index in [1.54, 1.807) is 42.7 Å². The van der Waals surface area contributed by atoms with Crippen LogP contribution in [0.4, 0.5) is 5.69 Å². The van der Waals surface area contributed by atoms with Crippen molar-refractivity contribution in [2.45, 2.75) is 33.1 Å². The number of allylic oxidation sites excluding steroid dienone is 4. The van der Waals surface area contributed by atoms with Crippen LogP contribution in [0.15, 0.2) is 72.0 Å². The normalized spacial score (nSPS) is 15.0. The van der Waals surface area contributed by atoms with Crippen molar-refractivity contribution in [3.8, 4) is 11.8 Å². The Balaban J connectivity index is 1.76. The quantitative estimate of drug-likeness (QED) is 0.174. The third-order valence-corrected chi connectivity index (χ3v) is 7.41. The molecule has 0 atom stereocenters. The van der Waals surface area contributed by atoms with Crippen LogP contribution in [-0.2, 0) is 14.9 Å². The third kappa shape index (κ3) is 4.71. The molecular weight excluding hydrogens is 506 g/mol. The Morgan fingerprint density at radius 2 is 1.55 bits per heavy atom. The molecule has 1 aromatic heterocycles. The number of methoxy groups -OCH3 is 2. The maximum Gasteiger partial charge on any atom is 0.337 e. The molecule has 8 heteroatoms. The first-order chi connectivity index (χ1) is 19.0. The smallest absolute Gasteiger partial charge is 0.337 e. The molecule has 204 valence electrons. The maximum absolute atomic E-state index is 13.6. The van der Waals surface area contributed by atoms with Crippen LogP contribution in [0.3, 0.4) is 0 Å². The van der Waals surface area contributed by atoms with Crippen LogP contribution < -0.4 is 4.90 Å². The summed E-state index contributed by atoms with van der Waals surface area (Å²) in [6, 6.07) is 16.4. The Morgan fingerprint density at radius 1 is 0.950 bits per heavy atom. The lowest BCUT2D eigenvalue weighted by atomic mass is 9.83. The van der Waals surface area contributed by atoms with Gasteiger partial charge in [-0.15, -0.1) is 0 Å². The van der Waals surface area contributed by atoms with Crippen LogP contribution in [0.5, 0.6) is 0 Å². The zero-order valence-electron chi connectivity index (χ0n) is 23.7. The Hall–Kier alpha value is -4.90. The van der Waals surface area contributed by atoms with E-state index in [9.17, 15) is 19.6 Å². The molecule has 0 saturated heterocycles. The zero-order chi connectivity index (χ0) is 29.4. The summed E-state index contributed by atoms with van der Waals surface area (Å²) in [5.41, 5.74) is 5.30. The van der Waals surface area contributed by atoms with Gasteiger partial charge in [0.15, 0.2) is 0 Å². The lowest BCUT2D eigenvalue weighted by molar-refractivity contribution is 0.0599. The number of hydrogen-bond donors (Lipinski definition) is 0. The Morgan fingerprint density at radius 3 is 2.10 bits per heavy atom. The highest BCUT2D eigenvalue weighted by atomic mass is 16.5. The monoisotopic (exact) mass is 537 g/mol. The molecule has 1 aliphatic rings. The number of likely N-dealkylation sites (N-methyl/N-ethyl adjacent to an activating group) is 1. The van der Waals surface area contributed by atoms with E-state index in [4.69, 9.17) is 9.47 Å². The Kier molecular flexibility index (Phi) is 7.52. The number of aromatic nitrogens is 1. The highest BCUT2D eigenvalue weighted by Gasteiger charge is 2.37. The summed E-state index contributed by atoms with van der Waals surface area (Å²) in [5, 5.41) is 9.94. The average Bonchev–Trinajstić information content (AvgIpc) is 3.36. The number of anilines is 1. The number of nitrogens with zero attached hydrogens (tertiary/aromatic N) is 3. The molecular formula is C32H31N3O5. The topological polar surface area (TPSA) is 102 Å². The second-order valence-corrected chi connectivity index (χ2v) is 10.1. The zero-order valence-corrected chi connectivity index (χ0v) is 23.7. The van der Waals surface area contributed by atoms with Gasteiger partial charge in [-0.3, -0.25) is 4.79 Å².